The molecule has 0 bridgehead atoms. The monoisotopic (exact) mass is 332 g/mol. The van der Waals surface area contributed by atoms with Crippen molar-refractivity contribution in [2.45, 2.75) is 31.3 Å². The van der Waals surface area contributed by atoms with Crippen molar-refractivity contribution >= 4 is 5.91 Å². The Kier molecular flexibility index (Phi) is 4.06. The number of aromatic hydroxyl groups is 1. The number of carbonyl (C=O) groups excluding carboxylic acids is 1. The van der Waals surface area contributed by atoms with Gasteiger partial charge in [0.05, 0.1) is 5.54 Å². The van der Waals surface area contributed by atoms with Gasteiger partial charge in [0.1, 0.15) is 11.6 Å². The molecule has 5 N–H and O–H groups in total. The van der Waals surface area contributed by atoms with E-state index in [1.807, 2.05) is 0 Å². The highest BCUT2D eigenvalue weighted by Gasteiger charge is 2.38. The van der Waals surface area contributed by atoms with Crippen molar-refractivity contribution in [1.82, 2.24) is 15.3 Å². The maximum absolute atomic E-state index is 12.9. The number of rotatable bonds is 4. The van der Waals surface area contributed by atoms with Gasteiger partial charge in [-0.05, 0) is 37.0 Å². The molecular weight excluding hydrogens is 315 g/mol. The van der Waals surface area contributed by atoms with Crippen LogP contribution in [0.5, 0.6) is 5.75 Å². The Balaban J connectivity index is 1.81. The fourth-order valence-electron chi connectivity index (χ4n) is 2.52. The second-order valence-electron chi connectivity index (χ2n) is 5.93. The normalized spacial score (nSPS) is 15.6. The van der Waals surface area contributed by atoms with Gasteiger partial charge in [-0.3, -0.25) is 9.59 Å². The van der Waals surface area contributed by atoms with E-state index in [1.54, 1.807) is 0 Å². The third-order valence-corrected chi connectivity index (χ3v) is 4.19. The summed E-state index contributed by atoms with van der Waals surface area (Å²) in [6, 6.07) is 5.60. The van der Waals surface area contributed by atoms with Crippen LogP contribution in [-0.2, 0) is 12.1 Å². The molecule has 1 aliphatic carbocycles. The number of hydrogen-bond acceptors (Lipinski definition) is 5. The van der Waals surface area contributed by atoms with Crippen LogP contribution in [0.4, 0.5) is 4.39 Å². The Morgan fingerprint density at radius 3 is 2.62 bits per heavy atom. The number of nitrogens with one attached hydrogen (secondary N) is 2. The van der Waals surface area contributed by atoms with Crippen LogP contribution in [0.2, 0.25) is 0 Å². The third kappa shape index (κ3) is 3.00. The minimum atomic E-state index is -0.802. The zero-order chi connectivity index (χ0) is 17.3. The Hall–Kier alpha value is -2.74. The maximum atomic E-state index is 12.9. The number of aromatic amines is 1. The number of halogens is 1. The van der Waals surface area contributed by atoms with Crippen LogP contribution in [0.25, 0.3) is 0 Å². The van der Waals surface area contributed by atoms with Gasteiger partial charge in [-0.1, -0.05) is 12.1 Å². The minimum Gasteiger partial charge on any atom is -0.501 e. The number of hydrogen-bond donors (Lipinski definition) is 4. The number of nitrogens with zero attached hydrogens (tertiary/aromatic N) is 1. The molecule has 1 aromatic heterocycles. The summed E-state index contributed by atoms with van der Waals surface area (Å²) in [5.41, 5.74) is 4.84. The summed E-state index contributed by atoms with van der Waals surface area (Å²) in [6.07, 6.45) is 2.21. The van der Waals surface area contributed by atoms with Gasteiger partial charge >= 0.3 is 0 Å². The van der Waals surface area contributed by atoms with Crippen LogP contribution in [0.3, 0.4) is 0 Å². The highest BCUT2D eigenvalue weighted by Crippen LogP contribution is 2.36. The Morgan fingerprint density at radius 2 is 2.04 bits per heavy atom. The molecule has 7 nitrogen and oxygen atoms in total. The fraction of sp³-hybridized carbons (Fsp3) is 0.312. The van der Waals surface area contributed by atoms with Crippen molar-refractivity contribution in [1.29, 1.82) is 0 Å². The van der Waals surface area contributed by atoms with E-state index in [9.17, 15) is 19.1 Å². The Morgan fingerprint density at radius 1 is 1.38 bits per heavy atom. The van der Waals surface area contributed by atoms with Crippen molar-refractivity contribution in [3.05, 3.63) is 57.5 Å². The van der Waals surface area contributed by atoms with Gasteiger partial charge in [-0.25, -0.2) is 9.37 Å². The Labute approximate surface area is 136 Å². The average molecular weight is 332 g/mol. The number of carbonyl (C=O) groups is 1. The van der Waals surface area contributed by atoms with Crippen LogP contribution in [-0.4, -0.2) is 21.0 Å². The number of nitrogens with two attached hydrogens (primary N) is 1. The molecule has 1 aliphatic rings. The standard InChI is InChI=1S/C16H17FN4O3/c17-10-4-2-9(3-5-10)8-19-13(23)11-12(22)14(24)21-15(20-11)16(18)6-1-7-16/h2-5,22H,1,6-8,18H2,(H,19,23)(H,20,21,24). The van der Waals surface area contributed by atoms with E-state index in [4.69, 9.17) is 5.73 Å². The molecule has 126 valence electrons. The molecule has 1 fully saturated rings. The van der Waals surface area contributed by atoms with Crippen LogP contribution in [0.15, 0.2) is 29.1 Å². The molecule has 0 unspecified atom stereocenters. The predicted octanol–water partition coefficient (Wildman–Crippen LogP) is 0.882. The van der Waals surface area contributed by atoms with E-state index < -0.39 is 22.8 Å². The molecule has 1 saturated carbocycles. The molecule has 1 aromatic carbocycles. The van der Waals surface area contributed by atoms with Crippen molar-refractivity contribution in [3.63, 3.8) is 0 Å². The van der Waals surface area contributed by atoms with Crippen molar-refractivity contribution in [3.8, 4) is 5.75 Å². The molecule has 0 aliphatic heterocycles. The first-order valence-electron chi connectivity index (χ1n) is 7.54. The van der Waals surface area contributed by atoms with Gasteiger partial charge in [0.2, 0.25) is 5.75 Å². The lowest BCUT2D eigenvalue weighted by Gasteiger charge is -2.36. The minimum absolute atomic E-state index is 0.107. The lowest BCUT2D eigenvalue weighted by molar-refractivity contribution is 0.0941. The van der Waals surface area contributed by atoms with Crippen molar-refractivity contribution in [2.24, 2.45) is 5.73 Å². The molecule has 2 aromatic rings. The number of H-pyrrole nitrogens is 1. The topological polar surface area (TPSA) is 121 Å². The molecule has 24 heavy (non-hydrogen) atoms. The van der Waals surface area contributed by atoms with Gasteiger partial charge < -0.3 is 21.1 Å². The molecule has 0 saturated heterocycles. The second-order valence-corrected chi connectivity index (χ2v) is 5.93. The lowest BCUT2D eigenvalue weighted by atomic mass is 9.77. The molecule has 3 rings (SSSR count). The first-order chi connectivity index (χ1) is 11.4. The summed E-state index contributed by atoms with van der Waals surface area (Å²) in [6.45, 7) is 0.107. The largest absolute Gasteiger partial charge is 0.501 e. The summed E-state index contributed by atoms with van der Waals surface area (Å²) >= 11 is 0. The van der Waals surface area contributed by atoms with Gasteiger partial charge in [0, 0.05) is 6.54 Å². The van der Waals surface area contributed by atoms with Gasteiger partial charge in [-0.15, -0.1) is 0 Å². The van der Waals surface area contributed by atoms with Crippen LogP contribution in [0, 0.1) is 5.82 Å². The zero-order valence-electron chi connectivity index (χ0n) is 12.8. The second kappa shape index (κ2) is 6.04. The van der Waals surface area contributed by atoms with E-state index >= 15 is 0 Å². The quantitative estimate of drug-likeness (QED) is 0.662. The SMILES string of the molecule is NC1(c2nc(C(=O)NCc3ccc(F)cc3)c(O)c(=O)[nH]2)CCC1. The van der Waals surface area contributed by atoms with E-state index in [-0.39, 0.29) is 23.9 Å². The summed E-state index contributed by atoms with van der Waals surface area (Å²) in [5, 5.41) is 12.4. The molecule has 0 radical (unpaired) electrons. The number of amides is 1. The predicted molar refractivity (Wildman–Crippen MR) is 83.8 cm³/mol. The van der Waals surface area contributed by atoms with Gasteiger partial charge in [-0.2, -0.15) is 0 Å². The smallest absolute Gasteiger partial charge is 0.293 e. The first kappa shape index (κ1) is 16.1. The summed E-state index contributed by atoms with van der Waals surface area (Å²) in [7, 11) is 0. The zero-order valence-corrected chi connectivity index (χ0v) is 12.8. The summed E-state index contributed by atoms with van der Waals surface area (Å²) in [4.78, 5) is 30.6. The molecular formula is C16H17FN4O3. The molecule has 1 amide bonds. The Bertz CT molecular complexity index is 828. The maximum Gasteiger partial charge on any atom is 0.293 e. The summed E-state index contributed by atoms with van der Waals surface area (Å²) < 4.78 is 12.9. The molecule has 8 heteroatoms. The van der Waals surface area contributed by atoms with Crippen LogP contribution >= 0.6 is 0 Å². The van der Waals surface area contributed by atoms with Crippen molar-refractivity contribution in [2.75, 3.05) is 0 Å². The fourth-order valence-corrected chi connectivity index (χ4v) is 2.52. The number of aromatic nitrogens is 2. The highest BCUT2D eigenvalue weighted by atomic mass is 19.1. The van der Waals surface area contributed by atoms with Crippen LogP contribution in [0.1, 0.15) is 41.1 Å². The van der Waals surface area contributed by atoms with Crippen LogP contribution < -0.4 is 16.6 Å². The summed E-state index contributed by atoms with van der Waals surface area (Å²) in [5.74, 6) is -1.63. The van der Waals surface area contributed by atoms with E-state index in [1.165, 1.54) is 24.3 Å². The third-order valence-electron chi connectivity index (χ3n) is 4.19. The van der Waals surface area contributed by atoms with Crippen molar-refractivity contribution < 1.29 is 14.3 Å². The molecule has 1 heterocycles. The molecule has 0 atom stereocenters. The first-order valence-corrected chi connectivity index (χ1v) is 7.54. The lowest BCUT2D eigenvalue weighted by Crippen LogP contribution is -2.46. The van der Waals surface area contributed by atoms with E-state index in [2.05, 4.69) is 15.3 Å². The average Bonchev–Trinajstić information content (AvgIpc) is 2.54. The highest BCUT2D eigenvalue weighted by molar-refractivity contribution is 5.94. The number of benzene rings is 1. The van der Waals surface area contributed by atoms with Gasteiger partial charge in [0.25, 0.3) is 11.5 Å². The molecule has 0 spiro atoms. The van der Waals surface area contributed by atoms with E-state index in [0.29, 0.717) is 18.4 Å². The van der Waals surface area contributed by atoms with Gasteiger partial charge in [0.15, 0.2) is 5.69 Å². The van der Waals surface area contributed by atoms with E-state index in [0.717, 1.165) is 6.42 Å².